The number of fused-ring (bicyclic) bond motifs is 3. The van der Waals surface area contributed by atoms with Gasteiger partial charge in [-0.2, -0.15) is 0 Å². The minimum atomic E-state index is -0.223. The summed E-state index contributed by atoms with van der Waals surface area (Å²) in [6, 6.07) is 4.90. The zero-order chi connectivity index (χ0) is 12.0. The van der Waals surface area contributed by atoms with Gasteiger partial charge in [0.25, 0.3) is 0 Å². The quantitative estimate of drug-likeness (QED) is 0.829. The van der Waals surface area contributed by atoms with Gasteiger partial charge in [-0.05, 0) is 42.3 Å². The summed E-state index contributed by atoms with van der Waals surface area (Å²) in [4.78, 5) is 12.4. The topological polar surface area (TPSA) is 43.1 Å². The first-order valence-electron chi connectivity index (χ1n) is 5.64. The Balaban J connectivity index is 2.09. The monoisotopic (exact) mass is 249 g/mol. The van der Waals surface area contributed by atoms with Gasteiger partial charge in [0, 0.05) is 15.5 Å². The number of nitrogens with two attached hydrogens (primary N) is 1. The molecule has 0 aliphatic heterocycles. The van der Waals surface area contributed by atoms with Crippen LogP contribution in [0, 0.1) is 11.7 Å². The second kappa shape index (κ2) is 3.81. The van der Waals surface area contributed by atoms with E-state index in [0.29, 0.717) is 6.42 Å². The summed E-state index contributed by atoms with van der Waals surface area (Å²) < 4.78 is 14.1. The van der Waals surface area contributed by atoms with Crippen molar-refractivity contribution >= 4 is 27.3 Å². The Morgan fingerprint density at radius 3 is 3.06 bits per heavy atom. The zero-order valence-electron chi connectivity index (χ0n) is 9.20. The van der Waals surface area contributed by atoms with Gasteiger partial charge in [-0.1, -0.05) is 6.07 Å². The molecule has 17 heavy (non-hydrogen) atoms. The maximum atomic E-state index is 13.1. The summed E-state index contributed by atoms with van der Waals surface area (Å²) in [6.45, 7) is 0. The lowest BCUT2D eigenvalue weighted by molar-refractivity contribution is -0.122. The molecule has 1 aromatic heterocycles. The maximum Gasteiger partial charge on any atom is 0.220 e. The number of thiophene rings is 1. The van der Waals surface area contributed by atoms with E-state index in [9.17, 15) is 9.18 Å². The Hall–Kier alpha value is -1.42. The van der Waals surface area contributed by atoms with Crippen molar-refractivity contribution in [2.75, 3.05) is 0 Å². The molecule has 1 heterocycles. The largest absolute Gasteiger partial charge is 0.369 e. The smallest absolute Gasteiger partial charge is 0.220 e. The number of primary amides is 1. The predicted octanol–water partition coefficient (Wildman–Crippen LogP) is 2.63. The Labute approximate surface area is 102 Å². The third-order valence-electron chi connectivity index (χ3n) is 3.42. The van der Waals surface area contributed by atoms with E-state index in [2.05, 4.69) is 0 Å². The van der Waals surface area contributed by atoms with Crippen LogP contribution in [0.2, 0.25) is 0 Å². The van der Waals surface area contributed by atoms with Crippen LogP contribution in [0.15, 0.2) is 18.2 Å². The normalized spacial score (nSPS) is 19.2. The fourth-order valence-corrected chi connectivity index (χ4v) is 3.86. The molecule has 0 unspecified atom stereocenters. The highest BCUT2D eigenvalue weighted by Crippen LogP contribution is 2.38. The molecule has 0 spiro atoms. The second-order valence-electron chi connectivity index (χ2n) is 4.49. The van der Waals surface area contributed by atoms with Gasteiger partial charge >= 0.3 is 0 Å². The third kappa shape index (κ3) is 1.72. The van der Waals surface area contributed by atoms with Crippen LogP contribution in [-0.4, -0.2) is 5.91 Å². The third-order valence-corrected chi connectivity index (χ3v) is 4.63. The summed E-state index contributed by atoms with van der Waals surface area (Å²) in [6.07, 6.45) is 2.39. The molecule has 0 saturated heterocycles. The SMILES string of the molecule is NC(=O)[C@@H]1CCc2c(sc3cc(F)ccc23)C1. The Bertz CT molecular complexity index is 605. The molecule has 2 nitrogen and oxygen atoms in total. The lowest BCUT2D eigenvalue weighted by atomic mass is 9.87. The predicted molar refractivity (Wildman–Crippen MR) is 66.5 cm³/mol. The van der Waals surface area contributed by atoms with Crippen LogP contribution in [0.3, 0.4) is 0 Å². The molecule has 1 aliphatic rings. The lowest BCUT2D eigenvalue weighted by Gasteiger charge is -2.19. The van der Waals surface area contributed by atoms with Gasteiger partial charge in [-0.25, -0.2) is 4.39 Å². The highest BCUT2D eigenvalue weighted by Gasteiger charge is 2.25. The molecule has 2 aromatic rings. The van der Waals surface area contributed by atoms with Crippen LogP contribution in [0.1, 0.15) is 16.9 Å². The average molecular weight is 249 g/mol. The molecule has 1 aliphatic carbocycles. The Morgan fingerprint density at radius 1 is 1.47 bits per heavy atom. The molecule has 0 radical (unpaired) electrons. The minimum absolute atomic E-state index is 0.0552. The van der Waals surface area contributed by atoms with Gasteiger partial charge in [-0.3, -0.25) is 4.79 Å². The number of carbonyl (C=O) groups is 1. The first kappa shape index (κ1) is 10.7. The van der Waals surface area contributed by atoms with Crippen molar-refractivity contribution in [3.63, 3.8) is 0 Å². The van der Waals surface area contributed by atoms with Crippen molar-refractivity contribution in [1.29, 1.82) is 0 Å². The van der Waals surface area contributed by atoms with E-state index in [4.69, 9.17) is 5.73 Å². The van der Waals surface area contributed by atoms with Gasteiger partial charge in [0.05, 0.1) is 0 Å². The van der Waals surface area contributed by atoms with Crippen LogP contribution in [-0.2, 0) is 17.6 Å². The van der Waals surface area contributed by atoms with Crippen LogP contribution < -0.4 is 5.73 Å². The van der Waals surface area contributed by atoms with Crippen molar-refractivity contribution in [3.05, 3.63) is 34.5 Å². The highest BCUT2D eigenvalue weighted by atomic mass is 32.1. The van der Waals surface area contributed by atoms with Crippen LogP contribution in [0.5, 0.6) is 0 Å². The van der Waals surface area contributed by atoms with Crippen molar-refractivity contribution in [3.8, 4) is 0 Å². The van der Waals surface area contributed by atoms with Gasteiger partial charge < -0.3 is 5.73 Å². The van der Waals surface area contributed by atoms with E-state index < -0.39 is 0 Å². The van der Waals surface area contributed by atoms with E-state index >= 15 is 0 Å². The summed E-state index contributed by atoms with van der Waals surface area (Å²) in [5, 5.41) is 1.13. The summed E-state index contributed by atoms with van der Waals surface area (Å²) in [5.41, 5.74) is 6.63. The molecule has 2 N–H and O–H groups in total. The van der Waals surface area contributed by atoms with E-state index in [1.54, 1.807) is 17.4 Å². The number of aryl methyl sites for hydroxylation is 1. The second-order valence-corrected chi connectivity index (χ2v) is 5.62. The van der Waals surface area contributed by atoms with Gasteiger partial charge in [0.1, 0.15) is 5.82 Å². The molecule has 0 fully saturated rings. The van der Waals surface area contributed by atoms with E-state index in [1.165, 1.54) is 16.5 Å². The molecule has 0 bridgehead atoms. The summed E-state index contributed by atoms with van der Waals surface area (Å²) in [7, 11) is 0. The fourth-order valence-electron chi connectivity index (χ4n) is 2.50. The average Bonchev–Trinajstić information content (AvgIpc) is 2.64. The molecular weight excluding hydrogens is 237 g/mol. The van der Waals surface area contributed by atoms with Crippen LogP contribution >= 0.6 is 11.3 Å². The Morgan fingerprint density at radius 2 is 2.29 bits per heavy atom. The summed E-state index contributed by atoms with van der Waals surface area (Å²) >= 11 is 1.59. The molecule has 0 saturated carbocycles. The number of halogens is 1. The first-order valence-corrected chi connectivity index (χ1v) is 6.46. The van der Waals surface area contributed by atoms with E-state index in [-0.39, 0.29) is 17.6 Å². The number of rotatable bonds is 1. The van der Waals surface area contributed by atoms with Crippen molar-refractivity contribution < 1.29 is 9.18 Å². The van der Waals surface area contributed by atoms with Crippen LogP contribution in [0.4, 0.5) is 4.39 Å². The molecule has 1 atom stereocenters. The molecule has 1 aromatic carbocycles. The van der Waals surface area contributed by atoms with Crippen molar-refractivity contribution in [1.82, 2.24) is 0 Å². The zero-order valence-corrected chi connectivity index (χ0v) is 10.0. The molecule has 3 rings (SSSR count). The molecule has 88 valence electrons. The van der Waals surface area contributed by atoms with Gasteiger partial charge in [0.15, 0.2) is 0 Å². The minimum Gasteiger partial charge on any atom is -0.369 e. The number of benzene rings is 1. The maximum absolute atomic E-state index is 13.1. The van der Waals surface area contributed by atoms with Crippen molar-refractivity contribution in [2.24, 2.45) is 11.7 Å². The number of carbonyl (C=O) groups excluding carboxylic acids is 1. The summed E-state index contributed by atoms with van der Waals surface area (Å²) in [5.74, 6) is -0.484. The Kier molecular flexibility index (Phi) is 2.40. The van der Waals surface area contributed by atoms with Gasteiger partial charge in [-0.15, -0.1) is 11.3 Å². The number of hydrogen-bond acceptors (Lipinski definition) is 2. The molecule has 1 amide bonds. The molecule has 4 heteroatoms. The standard InChI is InChI=1S/C13H12FNOS/c14-8-2-4-10-9-3-1-7(13(15)16)5-11(9)17-12(10)6-8/h2,4,6-7H,1,3,5H2,(H2,15,16)/t7-/m1/s1. The molecular formula is C13H12FNOS. The van der Waals surface area contributed by atoms with E-state index in [1.807, 2.05) is 6.07 Å². The number of amides is 1. The van der Waals surface area contributed by atoms with Crippen molar-refractivity contribution in [2.45, 2.75) is 19.3 Å². The van der Waals surface area contributed by atoms with E-state index in [0.717, 1.165) is 22.9 Å². The first-order chi connectivity index (χ1) is 8.15. The number of hydrogen-bond donors (Lipinski definition) is 1. The fraction of sp³-hybridized carbons (Fsp3) is 0.308. The van der Waals surface area contributed by atoms with Gasteiger partial charge in [0.2, 0.25) is 5.91 Å². The highest BCUT2D eigenvalue weighted by molar-refractivity contribution is 7.19. The van der Waals surface area contributed by atoms with Crippen LogP contribution in [0.25, 0.3) is 10.1 Å². The lowest BCUT2D eigenvalue weighted by Crippen LogP contribution is -2.27.